The van der Waals surface area contributed by atoms with Gasteiger partial charge in [0.05, 0.1) is 12.0 Å². The van der Waals surface area contributed by atoms with Gasteiger partial charge in [-0.3, -0.25) is 19.2 Å². The van der Waals surface area contributed by atoms with Crippen molar-refractivity contribution in [2.24, 2.45) is 5.41 Å². The van der Waals surface area contributed by atoms with Gasteiger partial charge in [-0.1, -0.05) is 6.92 Å². The quantitative estimate of drug-likeness (QED) is 0.393. The van der Waals surface area contributed by atoms with E-state index in [0.29, 0.717) is 6.42 Å². The molecule has 0 N–H and O–H groups in total. The Hall–Kier alpha value is -2.12. The van der Waals surface area contributed by atoms with Crippen LogP contribution in [0.15, 0.2) is 0 Å². The molecule has 0 saturated carbocycles. The SMILES string of the molecule is CCOC(=O)CC(=O)OCC1(CC)COC(=O)CC(=O)OC1. The van der Waals surface area contributed by atoms with Crippen LogP contribution in [0.5, 0.6) is 0 Å². The molecule has 0 spiro atoms. The van der Waals surface area contributed by atoms with E-state index in [-0.39, 0.29) is 26.4 Å². The minimum absolute atomic E-state index is 0.0255. The molecule has 1 saturated heterocycles. The van der Waals surface area contributed by atoms with Crippen LogP contribution in [0.2, 0.25) is 0 Å². The smallest absolute Gasteiger partial charge is 0.317 e. The molecule has 124 valence electrons. The van der Waals surface area contributed by atoms with Gasteiger partial charge in [-0.2, -0.15) is 0 Å². The van der Waals surface area contributed by atoms with Crippen molar-refractivity contribution in [3.8, 4) is 0 Å². The van der Waals surface area contributed by atoms with E-state index in [4.69, 9.17) is 14.2 Å². The fourth-order valence-corrected chi connectivity index (χ4v) is 1.73. The average molecular weight is 316 g/mol. The van der Waals surface area contributed by atoms with Gasteiger partial charge in [0.1, 0.15) is 32.7 Å². The average Bonchev–Trinajstić information content (AvgIpc) is 2.45. The Morgan fingerprint density at radius 3 is 2.09 bits per heavy atom. The van der Waals surface area contributed by atoms with Crippen LogP contribution in [-0.4, -0.2) is 50.3 Å². The Balaban J connectivity index is 2.57. The molecular formula is C14H20O8. The Bertz CT molecular complexity index is 424. The highest BCUT2D eigenvalue weighted by Crippen LogP contribution is 2.26. The summed E-state index contributed by atoms with van der Waals surface area (Å²) in [7, 11) is 0. The van der Waals surface area contributed by atoms with Gasteiger partial charge >= 0.3 is 23.9 Å². The molecule has 0 amide bonds. The minimum atomic E-state index is -0.809. The van der Waals surface area contributed by atoms with Crippen LogP contribution < -0.4 is 0 Å². The van der Waals surface area contributed by atoms with Gasteiger partial charge in [0.15, 0.2) is 0 Å². The molecular weight excluding hydrogens is 296 g/mol. The number of esters is 4. The van der Waals surface area contributed by atoms with Crippen molar-refractivity contribution in [2.45, 2.75) is 33.1 Å². The number of rotatable bonds is 6. The number of carbonyl (C=O) groups is 4. The largest absolute Gasteiger partial charge is 0.466 e. The van der Waals surface area contributed by atoms with Crippen LogP contribution in [0, 0.1) is 5.41 Å². The predicted molar refractivity (Wildman–Crippen MR) is 71.5 cm³/mol. The molecule has 0 aliphatic carbocycles. The lowest BCUT2D eigenvalue weighted by molar-refractivity contribution is -0.172. The highest BCUT2D eigenvalue weighted by Gasteiger charge is 2.36. The van der Waals surface area contributed by atoms with Gasteiger partial charge in [-0.15, -0.1) is 0 Å². The van der Waals surface area contributed by atoms with E-state index in [1.165, 1.54) is 0 Å². The number of ether oxygens (including phenoxy) is 4. The molecule has 8 nitrogen and oxygen atoms in total. The van der Waals surface area contributed by atoms with Crippen molar-refractivity contribution in [1.82, 2.24) is 0 Å². The maximum absolute atomic E-state index is 11.6. The van der Waals surface area contributed by atoms with Crippen LogP contribution in [0.25, 0.3) is 0 Å². The summed E-state index contributed by atoms with van der Waals surface area (Å²) in [6.07, 6.45) is -0.462. The van der Waals surface area contributed by atoms with Gasteiger partial charge in [0.2, 0.25) is 0 Å². The normalized spacial score (nSPS) is 17.5. The highest BCUT2D eigenvalue weighted by molar-refractivity contribution is 5.91. The van der Waals surface area contributed by atoms with Crippen LogP contribution in [0.3, 0.4) is 0 Å². The number of hydrogen-bond acceptors (Lipinski definition) is 8. The van der Waals surface area contributed by atoms with Gasteiger partial charge in [-0.05, 0) is 13.3 Å². The van der Waals surface area contributed by atoms with Gasteiger partial charge in [0, 0.05) is 0 Å². The molecule has 0 atom stereocenters. The van der Waals surface area contributed by atoms with Gasteiger partial charge in [0.25, 0.3) is 0 Å². The van der Waals surface area contributed by atoms with E-state index in [0.717, 1.165) is 0 Å². The molecule has 0 bridgehead atoms. The third-order valence-corrected chi connectivity index (χ3v) is 3.25. The Morgan fingerprint density at radius 2 is 1.59 bits per heavy atom. The lowest BCUT2D eigenvalue weighted by Gasteiger charge is -2.32. The molecule has 1 rings (SSSR count). The van der Waals surface area contributed by atoms with E-state index in [9.17, 15) is 19.2 Å². The standard InChI is InChI=1S/C14H20O8/c1-3-14(7-20-11(16)5-10(15)19-4-2)8-21-12(17)6-13(18)22-9-14/h3-9H2,1-2H3. The van der Waals surface area contributed by atoms with Crippen molar-refractivity contribution in [3.63, 3.8) is 0 Å². The zero-order chi connectivity index (χ0) is 16.6. The maximum atomic E-state index is 11.6. The maximum Gasteiger partial charge on any atom is 0.317 e. The van der Waals surface area contributed by atoms with E-state index < -0.39 is 42.1 Å². The summed E-state index contributed by atoms with van der Waals surface area (Å²) in [5.74, 6) is -2.78. The van der Waals surface area contributed by atoms with Crippen molar-refractivity contribution in [3.05, 3.63) is 0 Å². The first kappa shape index (κ1) is 17.9. The fourth-order valence-electron chi connectivity index (χ4n) is 1.73. The Labute approximate surface area is 128 Å². The molecule has 22 heavy (non-hydrogen) atoms. The number of cyclic esters (lactones) is 2. The van der Waals surface area contributed by atoms with Crippen molar-refractivity contribution in [2.75, 3.05) is 26.4 Å². The van der Waals surface area contributed by atoms with Gasteiger partial charge < -0.3 is 18.9 Å². The Morgan fingerprint density at radius 1 is 1.05 bits per heavy atom. The van der Waals surface area contributed by atoms with E-state index in [1.807, 2.05) is 0 Å². The van der Waals surface area contributed by atoms with Crippen molar-refractivity contribution >= 4 is 23.9 Å². The third kappa shape index (κ3) is 5.71. The zero-order valence-corrected chi connectivity index (χ0v) is 12.7. The van der Waals surface area contributed by atoms with Crippen LogP contribution >= 0.6 is 0 Å². The molecule has 8 heteroatoms. The summed E-state index contributed by atoms with van der Waals surface area (Å²) in [6, 6.07) is 0. The fraction of sp³-hybridized carbons (Fsp3) is 0.714. The first-order valence-corrected chi connectivity index (χ1v) is 7.03. The first-order valence-electron chi connectivity index (χ1n) is 7.03. The molecule has 1 aliphatic rings. The lowest BCUT2D eigenvalue weighted by Crippen LogP contribution is -2.41. The predicted octanol–water partition coefficient (Wildman–Crippen LogP) is 0.369. The second kappa shape index (κ2) is 8.35. The molecule has 0 radical (unpaired) electrons. The molecule has 1 fully saturated rings. The summed E-state index contributed by atoms with van der Waals surface area (Å²) in [5.41, 5.74) is -0.809. The molecule has 0 aromatic heterocycles. The second-order valence-electron chi connectivity index (χ2n) is 4.99. The summed E-state index contributed by atoms with van der Waals surface area (Å²) < 4.78 is 19.7. The minimum Gasteiger partial charge on any atom is -0.466 e. The summed E-state index contributed by atoms with van der Waals surface area (Å²) in [6.45, 7) is 3.43. The van der Waals surface area contributed by atoms with Crippen LogP contribution in [-0.2, 0) is 38.1 Å². The van der Waals surface area contributed by atoms with Gasteiger partial charge in [-0.25, -0.2) is 0 Å². The number of hydrogen-bond donors (Lipinski definition) is 0. The monoisotopic (exact) mass is 316 g/mol. The van der Waals surface area contributed by atoms with E-state index in [2.05, 4.69) is 4.74 Å². The molecule has 0 unspecified atom stereocenters. The topological polar surface area (TPSA) is 105 Å². The number of carbonyl (C=O) groups excluding carboxylic acids is 4. The van der Waals surface area contributed by atoms with E-state index in [1.54, 1.807) is 13.8 Å². The third-order valence-electron chi connectivity index (χ3n) is 3.25. The van der Waals surface area contributed by atoms with Crippen LogP contribution in [0.4, 0.5) is 0 Å². The van der Waals surface area contributed by atoms with Crippen LogP contribution in [0.1, 0.15) is 33.1 Å². The summed E-state index contributed by atoms with van der Waals surface area (Å²) in [4.78, 5) is 45.4. The van der Waals surface area contributed by atoms with Crippen molar-refractivity contribution in [1.29, 1.82) is 0 Å². The zero-order valence-electron chi connectivity index (χ0n) is 12.7. The molecule has 0 aromatic carbocycles. The van der Waals surface area contributed by atoms with E-state index >= 15 is 0 Å². The lowest BCUT2D eigenvalue weighted by atomic mass is 9.87. The summed E-state index contributed by atoms with van der Waals surface area (Å²) >= 11 is 0. The second-order valence-corrected chi connectivity index (χ2v) is 4.99. The molecule has 1 aliphatic heterocycles. The first-order chi connectivity index (χ1) is 10.4. The summed E-state index contributed by atoms with van der Waals surface area (Å²) in [5, 5.41) is 0. The Kier molecular flexibility index (Phi) is 6.81. The molecule has 0 aromatic rings. The highest BCUT2D eigenvalue weighted by atomic mass is 16.6. The van der Waals surface area contributed by atoms with Crippen molar-refractivity contribution < 1.29 is 38.1 Å². The molecule has 1 heterocycles.